The van der Waals surface area contributed by atoms with Crippen LogP contribution in [0.3, 0.4) is 0 Å². The van der Waals surface area contributed by atoms with E-state index in [0.29, 0.717) is 11.4 Å². The third-order valence-corrected chi connectivity index (χ3v) is 5.86. The van der Waals surface area contributed by atoms with Crippen LogP contribution >= 0.6 is 0 Å². The van der Waals surface area contributed by atoms with Gasteiger partial charge >= 0.3 is 0 Å². The maximum atomic E-state index is 12.6. The molecule has 0 spiro atoms. The Kier molecular flexibility index (Phi) is 6.22. The Morgan fingerprint density at radius 3 is 2.33 bits per heavy atom. The predicted molar refractivity (Wildman–Crippen MR) is 115 cm³/mol. The highest BCUT2D eigenvalue weighted by Gasteiger charge is 2.23. The van der Waals surface area contributed by atoms with Gasteiger partial charge < -0.3 is 10.1 Å². The number of sulfonamides is 1. The van der Waals surface area contributed by atoms with E-state index in [1.54, 1.807) is 43.5 Å². The molecule has 9 heteroatoms. The first kappa shape index (κ1) is 21.1. The van der Waals surface area contributed by atoms with Crippen molar-refractivity contribution in [2.75, 3.05) is 17.1 Å². The zero-order chi connectivity index (χ0) is 21.7. The van der Waals surface area contributed by atoms with Crippen LogP contribution in [0.4, 0.5) is 17.1 Å². The second kappa shape index (κ2) is 8.83. The van der Waals surface area contributed by atoms with Crippen molar-refractivity contribution in [1.82, 2.24) is 0 Å². The number of benzene rings is 3. The molecule has 0 amide bonds. The Bertz CT molecular complexity index is 1150. The van der Waals surface area contributed by atoms with Crippen LogP contribution in [0.1, 0.15) is 18.5 Å². The van der Waals surface area contributed by atoms with Crippen LogP contribution in [0.25, 0.3) is 0 Å². The predicted octanol–water partition coefficient (Wildman–Crippen LogP) is 4.58. The molecule has 1 atom stereocenters. The van der Waals surface area contributed by atoms with Gasteiger partial charge in [0.25, 0.3) is 15.7 Å². The number of nitro groups is 1. The van der Waals surface area contributed by atoms with E-state index in [0.717, 1.165) is 11.6 Å². The molecule has 0 saturated carbocycles. The molecule has 3 aromatic rings. The number of nitrogens with zero attached hydrogens (tertiary/aromatic N) is 1. The molecular weight excluding hydrogens is 406 g/mol. The molecule has 0 fully saturated rings. The summed E-state index contributed by atoms with van der Waals surface area (Å²) in [6.45, 7) is 1.84. The van der Waals surface area contributed by atoms with Crippen LogP contribution in [-0.4, -0.2) is 20.5 Å². The van der Waals surface area contributed by atoms with Gasteiger partial charge in [-0.3, -0.25) is 14.8 Å². The summed E-state index contributed by atoms with van der Waals surface area (Å²) < 4.78 is 33.0. The number of nitro benzene ring substituents is 1. The van der Waals surface area contributed by atoms with Crippen LogP contribution in [0.2, 0.25) is 0 Å². The first-order chi connectivity index (χ1) is 14.3. The largest absolute Gasteiger partial charge is 0.496 e. The highest BCUT2D eigenvalue weighted by Crippen LogP contribution is 2.33. The van der Waals surface area contributed by atoms with Crippen LogP contribution in [0.15, 0.2) is 77.7 Å². The van der Waals surface area contributed by atoms with E-state index in [-0.39, 0.29) is 22.3 Å². The molecule has 30 heavy (non-hydrogen) atoms. The number of ether oxygens (including phenoxy) is 1. The average Bonchev–Trinajstić information content (AvgIpc) is 2.74. The summed E-state index contributed by atoms with van der Waals surface area (Å²) in [6.07, 6.45) is 0. The summed E-state index contributed by atoms with van der Waals surface area (Å²) in [5.74, 6) is 0.645. The third kappa shape index (κ3) is 4.69. The lowest BCUT2D eigenvalue weighted by molar-refractivity contribution is -0.384. The molecule has 3 aromatic carbocycles. The molecule has 0 aliphatic heterocycles. The van der Waals surface area contributed by atoms with Gasteiger partial charge in [0.2, 0.25) is 0 Å². The monoisotopic (exact) mass is 427 g/mol. The van der Waals surface area contributed by atoms with E-state index in [1.807, 2.05) is 25.1 Å². The minimum Gasteiger partial charge on any atom is -0.496 e. The maximum Gasteiger partial charge on any atom is 0.293 e. The molecular formula is C21H21N3O5S. The summed E-state index contributed by atoms with van der Waals surface area (Å²) in [7, 11) is -2.43. The summed E-state index contributed by atoms with van der Waals surface area (Å²) in [4.78, 5) is 10.8. The smallest absolute Gasteiger partial charge is 0.293 e. The lowest BCUT2D eigenvalue weighted by Crippen LogP contribution is -2.14. The van der Waals surface area contributed by atoms with Crippen molar-refractivity contribution < 1.29 is 18.1 Å². The molecule has 2 N–H and O–H groups in total. The Hall–Kier alpha value is -3.59. The number of methoxy groups -OCH3 is 1. The zero-order valence-corrected chi connectivity index (χ0v) is 17.2. The fourth-order valence-corrected chi connectivity index (χ4v) is 4.09. The van der Waals surface area contributed by atoms with Crippen molar-refractivity contribution in [1.29, 1.82) is 0 Å². The molecule has 0 radical (unpaired) electrons. The summed E-state index contributed by atoms with van der Waals surface area (Å²) in [5.41, 5.74) is 1.05. The number of anilines is 2. The van der Waals surface area contributed by atoms with Crippen LogP contribution in [-0.2, 0) is 10.0 Å². The molecule has 8 nitrogen and oxygen atoms in total. The number of hydrogen-bond acceptors (Lipinski definition) is 6. The minimum atomic E-state index is -3.98. The highest BCUT2D eigenvalue weighted by atomic mass is 32.2. The zero-order valence-electron chi connectivity index (χ0n) is 16.4. The van der Waals surface area contributed by atoms with Gasteiger partial charge in [0.1, 0.15) is 11.4 Å². The van der Waals surface area contributed by atoms with Gasteiger partial charge in [0, 0.05) is 17.3 Å². The van der Waals surface area contributed by atoms with Crippen LogP contribution in [0, 0.1) is 10.1 Å². The van der Waals surface area contributed by atoms with Gasteiger partial charge in [-0.2, -0.15) is 0 Å². The molecule has 0 aliphatic carbocycles. The number of hydrogen-bond donors (Lipinski definition) is 2. The summed E-state index contributed by atoms with van der Waals surface area (Å²) >= 11 is 0. The number of nitrogens with one attached hydrogen (secondary N) is 2. The summed E-state index contributed by atoms with van der Waals surface area (Å²) in [5, 5.41) is 14.7. The molecule has 3 rings (SSSR count). The van der Waals surface area contributed by atoms with E-state index >= 15 is 0 Å². The normalized spacial score (nSPS) is 12.1. The Balaban J connectivity index is 1.91. The molecule has 0 bridgehead atoms. The van der Waals surface area contributed by atoms with E-state index in [9.17, 15) is 18.5 Å². The van der Waals surface area contributed by atoms with Gasteiger partial charge in [-0.1, -0.05) is 36.4 Å². The summed E-state index contributed by atoms with van der Waals surface area (Å²) in [6, 6.07) is 19.1. The molecule has 0 aromatic heterocycles. The van der Waals surface area contributed by atoms with Crippen molar-refractivity contribution >= 4 is 27.1 Å². The number of rotatable bonds is 8. The van der Waals surface area contributed by atoms with Gasteiger partial charge in [-0.15, -0.1) is 0 Å². The van der Waals surface area contributed by atoms with Crippen molar-refractivity contribution in [3.05, 3.63) is 88.5 Å². The third-order valence-electron chi connectivity index (χ3n) is 4.48. The lowest BCUT2D eigenvalue weighted by atomic mass is 10.1. The van der Waals surface area contributed by atoms with Crippen molar-refractivity contribution in [3.8, 4) is 5.75 Å². The van der Waals surface area contributed by atoms with Gasteiger partial charge in [-0.25, -0.2) is 8.42 Å². The molecule has 156 valence electrons. The topological polar surface area (TPSA) is 111 Å². The van der Waals surface area contributed by atoms with Crippen LogP contribution in [0.5, 0.6) is 5.75 Å². The quantitative estimate of drug-likeness (QED) is 0.402. The van der Waals surface area contributed by atoms with Gasteiger partial charge in [0.05, 0.1) is 23.0 Å². The molecule has 0 aliphatic rings. The second-order valence-corrected chi connectivity index (χ2v) is 8.20. The van der Waals surface area contributed by atoms with E-state index in [1.165, 1.54) is 12.1 Å². The van der Waals surface area contributed by atoms with Crippen molar-refractivity contribution in [2.24, 2.45) is 0 Å². The average molecular weight is 427 g/mol. The van der Waals surface area contributed by atoms with Gasteiger partial charge in [0.15, 0.2) is 0 Å². The SMILES string of the molecule is COc1ccccc1[C@@H](C)Nc1ccc(S(=O)(=O)Nc2ccccc2)cc1[N+](=O)[O-]. The van der Waals surface area contributed by atoms with E-state index < -0.39 is 14.9 Å². The highest BCUT2D eigenvalue weighted by molar-refractivity contribution is 7.92. The fourth-order valence-electron chi connectivity index (χ4n) is 3.01. The van der Waals surface area contributed by atoms with Crippen LogP contribution < -0.4 is 14.8 Å². The van der Waals surface area contributed by atoms with Crippen molar-refractivity contribution in [2.45, 2.75) is 17.9 Å². The lowest BCUT2D eigenvalue weighted by Gasteiger charge is -2.18. The minimum absolute atomic E-state index is 0.200. The van der Waals surface area contributed by atoms with E-state index in [2.05, 4.69) is 10.0 Å². The standard InChI is InChI=1S/C21H21N3O5S/c1-15(18-10-6-7-11-21(18)29-2)22-19-13-12-17(14-20(19)24(25)26)30(27,28)23-16-8-4-3-5-9-16/h3-15,22-23H,1-2H3/t15-/m1/s1. The van der Waals surface area contributed by atoms with Crippen molar-refractivity contribution in [3.63, 3.8) is 0 Å². The Morgan fingerprint density at radius 2 is 1.67 bits per heavy atom. The Morgan fingerprint density at radius 1 is 1.00 bits per heavy atom. The number of para-hydroxylation sites is 2. The molecule has 0 heterocycles. The van der Waals surface area contributed by atoms with E-state index in [4.69, 9.17) is 4.74 Å². The second-order valence-electron chi connectivity index (χ2n) is 6.52. The maximum absolute atomic E-state index is 12.6. The molecule has 0 saturated heterocycles. The van der Waals surface area contributed by atoms with Gasteiger partial charge in [-0.05, 0) is 37.3 Å². The first-order valence-electron chi connectivity index (χ1n) is 9.07. The Labute approximate surface area is 174 Å². The molecule has 0 unspecified atom stereocenters. The first-order valence-corrected chi connectivity index (χ1v) is 10.6. The fraction of sp³-hybridized carbons (Fsp3) is 0.143.